The van der Waals surface area contributed by atoms with Gasteiger partial charge >= 0.3 is 11.9 Å². The van der Waals surface area contributed by atoms with Crippen LogP contribution in [-0.4, -0.2) is 55.7 Å². The van der Waals surface area contributed by atoms with E-state index in [0.29, 0.717) is 20.6 Å². The molecule has 12 nitrogen and oxygen atoms in total. The number of nitriles is 2. The van der Waals surface area contributed by atoms with Crippen LogP contribution >= 0.6 is 34.4 Å². The van der Waals surface area contributed by atoms with Crippen molar-refractivity contribution in [2.75, 3.05) is 38.4 Å². The second-order valence-corrected chi connectivity index (χ2v) is 15.0. The molecule has 0 spiro atoms. The SMILES string of the molecule is COc1ccc(N2c3ccc(/C=c4\s/c(=C(\C#N)C(=O)O)c5c4OCCO5)cc3Sc3cc(/C=c4\s/c(=C(\C#N)C(=O)O)c5c4OCCO5)ccc32)cc1. The third-order valence-corrected chi connectivity index (χ3v) is 11.9. The second kappa shape index (κ2) is 14.2. The van der Waals surface area contributed by atoms with Crippen molar-refractivity contribution >= 4 is 86.7 Å². The summed E-state index contributed by atoms with van der Waals surface area (Å²) in [4.78, 5) is 27.7. The monoisotopic (exact) mass is 775 g/mol. The normalized spacial score (nSPS) is 15.6. The molecule has 0 unspecified atom stereocenters. The Labute approximate surface area is 318 Å². The molecule has 5 heterocycles. The number of carboxylic acids is 2. The molecule has 54 heavy (non-hydrogen) atoms. The number of hydrogen-bond donors (Lipinski definition) is 2. The number of carboxylic acid groups (broad SMARTS) is 2. The van der Waals surface area contributed by atoms with Crippen LogP contribution in [0, 0.1) is 22.7 Å². The molecule has 3 aromatic carbocycles. The molecule has 3 aliphatic heterocycles. The lowest BCUT2D eigenvalue weighted by atomic mass is 10.1. The summed E-state index contributed by atoms with van der Waals surface area (Å²) in [5, 5.41) is 38.5. The first-order valence-corrected chi connectivity index (χ1v) is 18.7. The van der Waals surface area contributed by atoms with Gasteiger partial charge in [-0.15, -0.1) is 22.7 Å². The number of aliphatic carboxylic acids is 2. The first-order valence-electron chi connectivity index (χ1n) is 16.2. The molecule has 0 amide bonds. The van der Waals surface area contributed by atoms with Gasteiger partial charge < -0.3 is 38.8 Å². The first kappa shape index (κ1) is 34.7. The van der Waals surface area contributed by atoms with Gasteiger partial charge in [0.15, 0.2) is 34.1 Å². The predicted octanol–water partition coefficient (Wildman–Crippen LogP) is 4.47. The quantitative estimate of drug-likeness (QED) is 0.243. The average Bonchev–Trinajstić information content (AvgIpc) is 3.72. The summed E-state index contributed by atoms with van der Waals surface area (Å²) in [5.41, 5.74) is 3.58. The summed E-state index contributed by atoms with van der Waals surface area (Å²) in [6.07, 6.45) is 3.78. The maximum absolute atomic E-state index is 11.9. The highest BCUT2D eigenvalue weighted by Crippen LogP contribution is 2.52. The largest absolute Gasteiger partial charge is 0.497 e. The number of thiophene rings is 2. The minimum absolute atomic E-state index is 0.211. The highest BCUT2D eigenvalue weighted by molar-refractivity contribution is 7.99. The molecule has 0 aliphatic carbocycles. The van der Waals surface area contributed by atoms with Gasteiger partial charge in [0, 0.05) is 15.5 Å². The van der Waals surface area contributed by atoms with E-state index in [-0.39, 0.29) is 47.0 Å². The number of rotatable bonds is 6. The molecule has 268 valence electrons. The fourth-order valence-corrected chi connectivity index (χ4v) is 9.62. The van der Waals surface area contributed by atoms with Crippen LogP contribution in [0.1, 0.15) is 11.1 Å². The number of ether oxygens (including phenoxy) is 5. The first-order chi connectivity index (χ1) is 26.3. The van der Waals surface area contributed by atoms with E-state index in [4.69, 9.17) is 23.7 Å². The molecule has 3 aliphatic rings. The van der Waals surface area contributed by atoms with E-state index in [0.717, 1.165) is 66.4 Å². The molecule has 2 N–H and O–H groups in total. The molecule has 15 heteroatoms. The molecule has 0 atom stereocenters. The van der Waals surface area contributed by atoms with Gasteiger partial charge in [-0.1, -0.05) is 23.9 Å². The number of carbonyl (C=O) groups is 2. The summed E-state index contributed by atoms with van der Waals surface area (Å²) in [7, 11) is 1.62. The zero-order valence-corrected chi connectivity index (χ0v) is 30.5. The molecule has 0 radical (unpaired) electrons. The third-order valence-electron chi connectivity index (χ3n) is 8.55. The Morgan fingerprint density at radius 2 is 1.15 bits per heavy atom. The van der Waals surface area contributed by atoms with Crippen LogP contribution in [-0.2, 0) is 9.59 Å². The van der Waals surface area contributed by atoms with Crippen LogP contribution in [0.5, 0.6) is 28.7 Å². The number of methoxy groups -OCH3 is 1. The van der Waals surface area contributed by atoms with Crippen LogP contribution in [0.3, 0.4) is 0 Å². The molecule has 0 saturated carbocycles. The van der Waals surface area contributed by atoms with E-state index >= 15 is 0 Å². The lowest BCUT2D eigenvalue weighted by molar-refractivity contribution is -0.131. The van der Waals surface area contributed by atoms with Crippen LogP contribution in [0.15, 0.2) is 70.5 Å². The molecule has 2 aromatic heterocycles. The number of anilines is 3. The standard InChI is InChI=1S/C39H25N3O9S3/c1-47-23-6-4-22(5-7-23)42-26-8-2-20(16-30-32-34(50-12-10-48-32)36(53-30)24(18-40)38(43)44)14-28(26)52-29-15-21(3-9-27(29)42)17-31-33-35(51-13-11-49-33)37(54-31)25(19-41)39(45)46/h2-9,14-17H,10-13H2,1H3,(H,43,44)(H,45,46)/b30-16-,31-17-,36-24+,37-25+. The van der Waals surface area contributed by atoms with Crippen molar-refractivity contribution in [1.29, 1.82) is 10.5 Å². The molecule has 5 aromatic rings. The minimum Gasteiger partial charge on any atom is -0.497 e. The maximum Gasteiger partial charge on any atom is 0.348 e. The Morgan fingerprint density at radius 1 is 0.704 bits per heavy atom. The zero-order chi connectivity index (χ0) is 37.5. The Hall–Kier alpha value is -6.39. The molecule has 0 saturated heterocycles. The Balaban J connectivity index is 1.27. The van der Waals surface area contributed by atoms with Crippen LogP contribution in [0.4, 0.5) is 17.1 Å². The lowest BCUT2D eigenvalue weighted by Crippen LogP contribution is -2.20. The van der Waals surface area contributed by atoms with Crippen molar-refractivity contribution in [3.8, 4) is 40.9 Å². The number of hydrogen-bond acceptors (Lipinski definition) is 13. The zero-order valence-electron chi connectivity index (χ0n) is 28.1. The van der Waals surface area contributed by atoms with Crippen molar-refractivity contribution in [3.05, 3.63) is 89.9 Å². The van der Waals surface area contributed by atoms with Gasteiger partial charge in [-0.05, 0) is 71.8 Å². The smallest absolute Gasteiger partial charge is 0.348 e. The van der Waals surface area contributed by atoms with Crippen molar-refractivity contribution in [1.82, 2.24) is 0 Å². The van der Waals surface area contributed by atoms with Gasteiger partial charge in [0.05, 0.1) is 36.6 Å². The van der Waals surface area contributed by atoms with Crippen molar-refractivity contribution in [2.24, 2.45) is 0 Å². The van der Waals surface area contributed by atoms with Gasteiger partial charge in [0.1, 0.15) is 44.3 Å². The maximum atomic E-state index is 11.9. The predicted molar refractivity (Wildman–Crippen MR) is 201 cm³/mol. The van der Waals surface area contributed by atoms with E-state index in [1.54, 1.807) is 31.0 Å². The fourth-order valence-electron chi connectivity index (χ4n) is 6.19. The van der Waals surface area contributed by atoms with Gasteiger partial charge in [0.2, 0.25) is 0 Å². The van der Waals surface area contributed by atoms with Gasteiger partial charge in [-0.3, -0.25) is 0 Å². The van der Waals surface area contributed by atoms with Gasteiger partial charge in [-0.25, -0.2) is 9.59 Å². The van der Waals surface area contributed by atoms with E-state index in [1.165, 1.54) is 0 Å². The molecule has 8 rings (SSSR count). The van der Waals surface area contributed by atoms with Crippen LogP contribution < -0.4 is 46.7 Å². The van der Waals surface area contributed by atoms with Gasteiger partial charge in [-0.2, -0.15) is 10.5 Å². The summed E-state index contributed by atoms with van der Waals surface area (Å²) in [6.45, 7) is 1.06. The van der Waals surface area contributed by atoms with Crippen molar-refractivity contribution in [2.45, 2.75) is 9.79 Å². The summed E-state index contributed by atoms with van der Waals surface area (Å²) in [6, 6.07) is 23.4. The molecular formula is C39H25N3O9S3. The minimum atomic E-state index is -1.34. The van der Waals surface area contributed by atoms with Crippen LogP contribution in [0.2, 0.25) is 0 Å². The number of benzene rings is 3. The highest BCUT2D eigenvalue weighted by atomic mass is 32.2. The van der Waals surface area contributed by atoms with E-state index < -0.39 is 23.1 Å². The number of nitrogens with zero attached hydrogens (tertiary/aromatic N) is 3. The van der Waals surface area contributed by atoms with Crippen LogP contribution in [0.25, 0.3) is 23.3 Å². The Kier molecular flexibility index (Phi) is 9.13. The summed E-state index contributed by atoms with van der Waals surface area (Å²) < 4.78 is 30.5. The van der Waals surface area contributed by atoms with E-state index in [2.05, 4.69) is 4.90 Å². The fraction of sp³-hybridized carbons (Fsp3) is 0.128. The highest BCUT2D eigenvalue weighted by Gasteiger charge is 2.27. The topological polar surface area (TPSA) is 172 Å². The molecular weight excluding hydrogens is 751 g/mol. The van der Waals surface area contributed by atoms with Crippen molar-refractivity contribution < 1.29 is 43.5 Å². The Bertz CT molecular complexity index is 2580. The molecule has 0 bridgehead atoms. The number of fused-ring (bicyclic) bond motifs is 4. The van der Waals surface area contributed by atoms with Gasteiger partial charge in [0.25, 0.3) is 0 Å². The average molecular weight is 776 g/mol. The lowest BCUT2D eigenvalue weighted by Gasteiger charge is -2.33. The van der Waals surface area contributed by atoms with Crippen molar-refractivity contribution in [3.63, 3.8) is 0 Å². The third kappa shape index (κ3) is 6.14. The van der Waals surface area contributed by atoms with E-state index in [9.17, 15) is 30.3 Å². The van der Waals surface area contributed by atoms with E-state index in [1.807, 2.05) is 72.8 Å². The Morgan fingerprint density at radius 3 is 1.56 bits per heavy atom. The second-order valence-electron chi connectivity index (χ2n) is 11.8. The summed E-state index contributed by atoms with van der Waals surface area (Å²) >= 11 is 3.83. The molecule has 0 fully saturated rings. The summed E-state index contributed by atoms with van der Waals surface area (Å²) in [5.74, 6) is -0.640.